The van der Waals surface area contributed by atoms with Gasteiger partial charge in [-0.3, -0.25) is 10.3 Å². The van der Waals surface area contributed by atoms with Gasteiger partial charge in [-0.25, -0.2) is 0 Å². The second kappa shape index (κ2) is 14.5. The Morgan fingerprint density at radius 3 is 2.60 bits per heavy atom. The molecule has 0 heterocycles. The lowest BCUT2D eigenvalue weighted by Crippen LogP contribution is -2.29. The van der Waals surface area contributed by atoms with E-state index in [1.807, 2.05) is 44.4 Å². The zero-order valence-corrected chi connectivity index (χ0v) is 13.7. The van der Waals surface area contributed by atoms with Crippen LogP contribution in [0.25, 0.3) is 0 Å². The number of aliphatic imine (C=N–C) groups is 1. The monoisotopic (exact) mass is 297 g/mol. The van der Waals surface area contributed by atoms with E-state index in [9.17, 15) is 0 Å². The molecule has 114 valence electrons. The number of nitrogens with zero attached hydrogens (tertiary/aromatic N) is 1. The van der Waals surface area contributed by atoms with E-state index in [4.69, 9.17) is 11.6 Å². The van der Waals surface area contributed by atoms with Crippen molar-refractivity contribution in [3.63, 3.8) is 0 Å². The lowest BCUT2D eigenvalue weighted by molar-refractivity contribution is 0.468. The van der Waals surface area contributed by atoms with Gasteiger partial charge in [0.25, 0.3) is 0 Å². The molecule has 0 spiro atoms. The fourth-order valence-electron chi connectivity index (χ4n) is 1.68. The van der Waals surface area contributed by atoms with Crippen LogP contribution in [0.5, 0.6) is 0 Å². The van der Waals surface area contributed by atoms with E-state index < -0.39 is 0 Å². The molecule has 0 aliphatic heterocycles. The number of hydrogen-bond donors (Lipinski definition) is 2. The largest absolute Gasteiger partial charge is 0.317 e. The molecule has 0 bridgehead atoms. The third-order valence-electron chi connectivity index (χ3n) is 2.77. The van der Waals surface area contributed by atoms with Crippen molar-refractivity contribution in [1.29, 1.82) is 0 Å². The molecule has 1 unspecified atom stereocenters. The van der Waals surface area contributed by atoms with Crippen LogP contribution in [0.4, 0.5) is 0 Å². The number of allylic oxidation sites excluding steroid dienone is 6. The highest BCUT2D eigenvalue weighted by atomic mass is 35.5. The fraction of sp³-hybridized carbons (Fsp3) is 0.562. The van der Waals surface area contributed by atoms with Gasteiger partial charge in [-0.15, -0.1) is 0 Å². The molecule has 0 aliphatic carbocycles. The SMILES string of the molecule is CCCC(CCNC/N=C/C=C/C=C\C=C(/C)Cl)NC. The van der Waals surface area contributed by atoms with Crippen LogP contribution in [-0.2, 0) is 0 Å². The van der Waals surface area contributed by atoms with Gasteiger partial charge >= 0.3 is 0 Å². The van der Waals surface area contributed by atoms with Gasteiger partial charge in [0, 0.05) is 17.3 Å². The predicted octanol–water partition coefficient (Wildman–Crippen LogP) is 3.64. The van der Waals surface area contributed by atoms with Gasteiger partial charge in [0.05, 0.1) is 6.67 Å². The lowest BCUT2D eigenvalue weighted by Gasteiger charge is -2.14. The summed E-state index contributed by atoms with van der Waals surface area (Å²) in [5.41, 5.74) is 0. The third kappa shape index (κ3) is 13.5. The zero-order valence-electron chi connectivity index (χ0n) is 12.9. The maximum atomic E-state index is 5.69. The molecule has 0 fully saturated rings. The minimum absolute atomic E-state index is 0.611. The highest BCUT2D eigenvalue weighted by molar-refractivity contribution is 6.29. The van der Waals surface area contributed by atoms with Crippen molar-refractivity contribution in [3.8, 4) is 0 Å². The Morgan fingerprint density at radius 1 is 1.20 bits per heavy atom. The topological polar surface area (TPSA) is 36.4 Å². The van der Waals surface area contributed by atoms with E-state index in [-0.39, 0.29) is 0 Å². The number of halogens is 1. The molecule has 20 heavy (non-hydrogen) atoms. The van der Waals surface area contributed by atoms with Gasteiger partial charge in [0.15, 0.2) is 0 Å². The molecule has 0 saturated carbocycles. The summed E-state index contributed by atoms with van der Waals surface area (Å²) in [6.45, 7) is 5.72. The average molecular weight is 298 g/mol. The average Bonchev–Trinajstić information content (AvgIpc) is 2.43. The summed E-state index contributed by atoms with van der Waals surface area (Å²) in [7, 11) is 2.03. The van der Waals surface area contributed by atoms with Gasteiger partial charge in [-0.05, 0) is 45.5 Å². The molecule has 0 radical (unpaired) electrons. The fourth-order valence-corrected chi connectivity index (χ4v) is 1.75. The van der Waals surface area contributed by atoms with Gasteiger partial charge in [0.2, 0.25) is 0 Å². The zero-order chi connectivity index (χ0) is 15.1. The molecule has 0 saturated heterocycles. The second-order valence-corrected chi connectivity index (χ2v) is 5.17. The molecule has 2 N–H and O–H groups in total. The summed E-state index contributed by atoms with van der Waals surface area (Å²) < 4.78 is 0. The first-order chi connectivity index (χ1) is 9.70. The van der Waals surface area contributed by atoms with E-state index in [0.29, 0.717) is 12.7 Å². The Kier molecular flexibility index (Phi) is 13.9. The van der Waals surface area contributed by atoms with Gasteiger partial charge < -0.3 is 5.32 Å². The number of nitrogens with one attached hydrogen (secondary N) is 2. The maximum absolute atomic E-state index is 5.69. The first-order valence-electron chi connectivity index (χ1n) is 7.24. The van der Waals surface area contributed by atoms with Crippen LogP contribution in [0.1, 0.15) is 33.1 Å². The smallest absolute Gasteiger partial charge is 0.0884 e. The van der Waals surface area contributed by atoms with Crippen molar-refractivity contribution in [2.45, 2.75) is 39.2 Å². The molecule has 0 aliphatic rings. The predicted molar refractivity (Wildman–Crippen MR) is 91.6 cm³/mol. The van der Waals surface area contributed by atoms with E-state index >= 15 is 0 Å². The van der Waals surface area contributed by atoms with Crippen molar-refractivity contribution in [2.75, 3.05) is 20.3 Å². The Balaban J connectivity index is 3.59. The number of hydrogen-bond acceptors (Lipinski definition) is 3. The summed E-state index contributed by atoms with van der Waals surface area (Å²) in [6, 6.07) is 0.611. The summed E-state index contributed by atoms with van der Waals surface area (Å²) in [4.78, 5) is 4.25. The molecule has 0 aromatic heterocycles. The minimum atomic E-state index is 0.611. The van der Waals surface area contributed by atoms with Crippen molar-refractivity contribution in [2.24, 2.45) is 4.99 Å². The van der Waals surface area contributed by atoms with Crippen molar-refractivity contribution >= 4 is 17.8 Å². The van der Waals surface area contributed by atoms with Crippen LogP contribution >= 0.6 is 11.6 Å². The molecule has 0 aromatic rings. The van der Waals surface area contributed by atoms with E-state index in [0.717, 1.165) is 18.0 Å². The minimum Gasteiger partial charge on any atom is -0.317 e. The van der Waals surface area contributed by atoms with Gasteiger partial charge in [-0.1, -0.05) is 43.2 Å². The highest BCUT2D eigenvalue weighted by Gasteiger charge is 2.02. The molecule has 0 aromatic carbocycles. The molecule has 0 amide bonds. The van der Waals surface area contributed by atoms with E-state index in [2.05, 4.69) is 22.5 Å². The summed E-state index contributed by atoms with van der Waals surface area (Å²) in [6.07, 6.45) is 14.9. The second-order valence-electron chi connectivity index (χ2n) is 4.58. The number of rotatable bonds is 11. The quantitative estimate of drug-likeness (QED) is 0.347. The van der Waals surface area contributed by atoms with E-state index in [1.165, 1.54) is 12.8 Å². The normalized spacial score (nSPS) is 14.9. The van der Waals surface area contributed by atoms with Gasteiger partial charge in [0.1, 0.15) is 0 Å². The van der Waals surface area contributed by atoms with Crippen LogP contribution < -0.4 is 10.6 Å². The molecule has 0 rings (SSSR count). The molecular weight excluding hydrogens is 270 g/mol. The first-order valence-corrected chi connectivity index (χ1v) is 7.62. The Hall–Kier alpha value is -0.900. The van der Waals surface area contributed by atoms with Crippen LogP contribution in [0, 0.1) is 0 Å². The first kappa shape index (κ1) is 19.1. The van der Waals surface area contributed by atoms with Crippen LogP contribution in [0.3, 0.4) is 0 Å². The standard InChI is InChI=1S/C16H28ClN3/c1-4-9-16(18-3)11-13-20-14-19-12-8-6-5-7-10-15(2)17/h5-8,10,12,16,18,20H,4,9,11,13-14H2,1-3H3/b7-5-,8-6+,15-10+,19-12+. The van der Waals surface area contributed by atoms with E-state index in [1.54, 1.807) is 6.21 Å². The molecule has 1 atom stereocenters. The Morgan fingerprint density at radius 2 is 1.95 bits per heavy atom. The summed E-state index contributed by atoms with van der Waals surface area (Å²) >= 11 is 5.69. The van der Waals surface area contributed by atoms with Crippen LogP contribution in [-0.4, -0.2) is 32.5 Å². The van der Waals surface area contributed by atoms with Crippen LogP contribution in [0.2, 0.25) is 0 Å². The Labute approximate surface area is 128 Å². The van der Waals surface area contributed by atoms with Crippen molar-refractivity contribution in [3.05, 3.63) is 35.4 Å². The maximum Gasteiger partial charge on any atom is 0.0884 e. The molecule has 4 heteroatoms. The van der Waals surface area contributed by atoms with Crippen LogP contribution in [0.15, 0.2) is 40.4 Å². The molecule has 3 nitrogen and oxygen atoms in total. The summed E-state index contributed by atoms with van der Waals surface area (Å²) in [5.74, 6) is 0. The lowest BCUT2D eigenvalue weighted by atomic mass is 10.1. The van der Waals surface area contributed by atoms with Crippen molar-refractivity contribution < 1.29 is 0 Å². The highest BCUT2D eigenvalue weighted by Crippen LogP contribution is 1.99. The molecular formula is C16H28ClN3. The van der Waals surface area contributed by atoms with Crippen molar-refractivity contribution in [1.82, 2.24) is 10.6 Å². The Bertz CT molecular complexity index is 329. The third-order valence-corrected chi connectivity index (χ3v) is 2.89. The summed E-state index contributed by atoms with van der Waals surface area (Å²) in [5, 5.41) is 7.41. The van der Waals surface area contributed by atoms with Gasteiger partial charge in [-0.2, -0.15) is 0 Å².